The Balaban J connectivity index is 1.18. The van der Waals surface area contributed by atoms with Gasteiger partial charge in [0.05, 0.1) is 37.4 Å². The third-order valence-corrected chi connectivity index (χ3v) is 13.8. The largest absolute Gasteiger partial charge is 0.399 e. The van der Waals surface area contributed by atoms with E-state index in [9.17, 15) is 19.5 Å². The molecule has 0 saturated carbocycles. The van der Waals surface area contributed by atoms with Crippen molar-refractivity contribution in [3.8, 4) is 0 Å². The monoisotopic (exact) mass is 784 g/mol. The van der Waals surface area contributed by atoms with E-state index in [4.69, 9.17) is 10.5 Å². The fraction of sp³-hybridized carbons (Fsp3) is 0.325. The molecule has 270 valence electrons. The normalized spacial score (nSPS) is 23.8. The van der Waals surface area contributed by atoms with Gasteiger partial charge in [-0.15, -0.1) is 0 Å². The quantitative estimate of drug-likeness (QED) is 0.101. The zero-order valence-corrected chi connectivity index (χ0v) is 31.9. The van der Waals surface area contributed by atoms with Crippen LogP contribution in [0, 0.1) is 5.92 Å². The van der Waals surface area contributed by atoms with Crippen LogP contribution in [0.15, 0.2) is 95.5 Å². The molecule has 3 aliphatic heterocycles. The molecular weight excluding hydrogens is 743 g/mol. The van der Waals surface area contributed by atoms with Crippen molar-refractivity contribution in [1.29, 1.82) is 0 Å². The van der Waals surface area contributed by atoms with Gasteiger partial charge in [0.15, 0.2) is 5.60 Å². The first kappa shape index (κ1) is 36.0. The van der Waals surface area contributed by atoms with Crippen molar-refractivity contribution in [2.75, 3.05) is 22.6 Å². The standard InChI is InChI=1S/C40H42BrFN4O5Si/c1-24-37(52(2,3)42)35(20-36(48)45-22-28-9-5-4-8-27(28)18-32(45)23-47)51-40(24)33-19-29(41)13-16-34(33)46(39(40)50)21-25-7-6-10-31(17-25)44-38(49)26-11-14-30(43)15-12-26/h4-17,19,24,32,35,37,47H,18,20-23,43H2,1-3H3,(H,44,49)/t24-,32-,35+,37-,40+/m0/s1. The molecule has 3 amide bonds. The average Bonchev–Trinajstić information content (AvgIpc) is 3.53. The van der Waals surface area contributed by atoms with E-state index in [1.54, 1.807) is 53.2 Å². The highest BCUT2D eigenvalue weighted by molar-refractivity contribution is 9.10. The predicted octanol–water partition coefficient (Wildman–Crippen LogP) is 6.94. The number of carbonyl (C=O) groups excluding carboxylic acids is 3. The van der Waals surface area contributed by atoms with Crippen molar-refractivity contribution in [1.82, 2.24) is 4.90 Å². The number of nitrogens with two attached hydrogens (primary N) is 1. The van der Waals surface area contributed by atoms with E-state index in [2.05, 4.69) is 21.2 Å². The maximum atomic E-state index is 16.5. The van der Waals surface area contributed by atoms with Crippen LogP contribution in [-0.4, -0.2) is 54.9 Å². The van der Waals surface area contributed by atoms with Crippen molar-refractivity contribution < 1.29 is 28.3 Å². The highest BCUT2D eigenvalue weighted by Crippen LogP contribution is 2.60. The summed E-state index contributed by atoms with van der Waals surface area (Å²) < 4.78 is 24.1. The smallest absolute Gasteiger partial charge is 0.264 e. The van der Waals surface area contributed by atoms with E-state index in [1.165, 1.54) is 0 Å². The number of aliphatic hydroxyl groups excluding tert-OH is 1. The lowest BCUT2D eigenvalue weighted by Gasteiger charge is -2.37. The number of halogens is 2. The predicted molar refractivity (Wildman–Crippen MR) is 205 cm³/mol. The van der Waals surface area contributed by atoms with Gasteiger partial charge in [-0.25, -0.2) is 0 Å². The van der Waals surface area contributed by atoms with Gasteiger partial charge < -0.3 is 34.8 Å². The number of nitrogen functional groups attached to an aromatic ring is 1. The molecule has 1 spiro atoms. The number of anilines is 3. The Kier molecular flexibility index (Phi) is 9.62. The number of ether oxygens (including phenoxy) is 1. The van der Waals surface area contributed by atoms with Gasteiger partial charge in [0, 0.05) is 45.0 Å². The van der Waals surface area contributed by atoms with Crippen LogP contribution in [0.25, 0.3) is 0 Å². The van der Waals surface area contributed by atoms with Crippen molar-refractivity contribution in [2.24, 2.45) is 5.92 Å². The summed E-state index contributed by atoms with van der Waals surface area (Å²) in [6, 6.07) is 27.0. The summed E-state index contributed by atoms with van der Waals surface area (Å²) in [5.41, 5.74) is 9.34. The number of hydrogen-bond acceptors (Lipinski definition) is 6. The summed E-state index contributed by atoms with van der Waals surface area (Å²) in [6.07, 6.45) is -0.436. The molecule has 5 atom stereocenters. The summed E-state index contributed by atoms with van der Waals surface area (Å²) in [6.45, 7) is 5.43. The Morgan fingerprint density at radius 3 is 2.48 bits per heavy atom. The molecule has 4 aromatic rings. The van der Waals surface area contributed by atoms with Gasteiger partial charge in [-0.2, -0.15) is 0 Å². The molecular formula is C40H42BrFN4O5Si. The summed E-state index contributed by atoms with van der Waals surface area (Å²) in [4.78, 5) is 45.3. The number of carbonyl (C=O) groups is 3. The minimum atomic E-state index is -3.53. The van der Waals surface area contributed by atoms with Crippen LogP contribution in [0.1, 0.15) is 46.0 Å². The molecule has 9 nitrogen and oxygen atoms in total. The van der Waals surface area contributed by atoms with Gasteiger partial charge >= 0.3 is 0 Å². The second-order valence-corrected chi connectivity index (χ2v) is 19.3. The zero-order chi connectivity index (χ0) is 36.9. The lowest BCUT2D eigenvalue weighted by Crippen LogP contribution is -2.48. The first-order valence-corrected chi connectivity index (χ1v) is 21.3. The maximum Gasteiger partial charge on any atom is 0.264 e. The molecule has 3 aliphatic rings. The minimum absolute atomic E-state index is 0.109. The molecule has 0 aromatic heterocycles. The van der Waals surface area contributed by atoms with E-state index < -0.39 is 37.6 Å². The molecule has 0 unspecified atom stereocenters. The Labute approximate surface area is 312 Å². The van der Waals surface area contributed by atoms with Crippen molar-refractivity contribution in [2.45, 2.75) is 69.2 Å². The number of nitrogens with one attached hydrogen (secondary N) is 1. The van der Waals surface area contributed by atoms with Crippen LogP contribution in [0.2, 0.25) is 18.6 Å². The number of fused-ring (bicyclic) bond motifs is 3. The summed E-state index contributed by atoms with van der Waals surface area (Å²) >= 11 is 3.59. The maximum absolute atomic E-state index is 16.5. The van der Waals surface area contributed by atoms with E-state index >= 15 is 4.11 Å². The van der Waals surface area contributed by atoms with Gasteiger partial charge in [0.1, 0.15) is 0 Å². The first-order valence-electron chi connectivity index (χ1n) is 17.5. The minimum Gasteiger partial charge on any atom is -0.399 e. The molecule has 0 radical (unpaired) electrons. The third-order valence-electron chi connectivity index (χ3n) is 10.9. The number of rotatable bonds is 8. The summed E-state index contributed by atoms with van der Waals surface area (Å²) in [5, 5.41) is 13.2. The van der Waals surface area contributed by atoms with Crippen LogP contribution in [-0.2, 0) is 39.4 Å². The van der Waals surface area contributed by atoms with Gasteiger partial charge in [0.25, 0.3) is 11.8 Å². The number of hydrogen-bond donors (Lipinski definition) is 3. The van der Waals surface area contributed by atoms with Crippen LogP contribution in [0.5, 0.6) is 0 Å². The summed E-state index contributed by atoms with van der Waals surface area (Å²) in [5.74, 6) is -1.42. The van der Waals surface area contributed by atoms with E-state index in [0.717, 1.165) is 21.2 Å². The van der Waals surface area contributed by atoms with Crippen LogP contribution in [0.3, 0.4) is 0 Å². The average molecular weight is 786 g/mol. The van der Waals surface area contributed by atoms with Gasteiger partial charge in [-0.3, -0.25) is 14.4 Å². The zero-order valence-electron chi connectivity index (χ0n) is 29.3. The fourth-order valence-corrected chi connectivity index (χ4v) is 11.3. The number of nitrogens with zero attached hydrogens (tertiary/aromatic N) is 2. The molecule has 0 aliphatic carbocycles. The highest BCUT2D eigenvalue weighted by atomic mass is 79.9. The molecule has 1 saturated heterocycles. The van der Waals surface area contributed by atoms with Crippen LogP contribution in [0.4, 0.5) is 21.2 Å². The third kappa shape index (κ3) is 6.46. The highest BCUT2D eigenvalue weighted by Gasteiger charge is 2.67. The Bertz CT molecular complexity index is 2040. The SMILES string of the molecule is C[C@H]1[C@H]([Si](C)(C)F)[C@@H](CC(=O)N2Cc3ccccc3C[C@H]2CO)O[C@]12C(=O)N(Cc1cccc(NC(=O)c3ccc(N)cc3)c1)c1ccc(Br)cc12. The first-order chi connectivity index (χ1) is 24.8. The van der Waals surface area contributed by atoms with Gasteiger partial charge in [0.2, 0.25) is 14.3 Å². The van der Waals surface area contributed by atoms with Crippen molar-refractivity contribution in [3.63, 3.8) is 0 Å². The van der Waals surface area contributed by atoms with Gasteiger partial charge in [-0.05, 0) is 90.8 Å². The van der Waals surface area contributed by atoms with Crippen LogP contribution < -0.4 is 16.0 Å². The molecule has 0 bridgehead atoms. The van der Waals surface area contributed by atoms with Crippen molar-refractivity contribution in [3.05, 3.63) is 123 Å². The number of aliphatic hydroxyl groups is 1. The fourth-order valence-electron chi connectivity index (χ4n) is 8.48. The molecule has 1 fully saturated rings. The number of benzene rings is 4. The molecule has 4 aromatic carbocycles. The second kappa shape index (κ2) is 13.9. The van der Waals surface area contributed by atoms with E-state index in [1.807, 2.05) is 67.6 Å². The lowest BCUT2D eigenvalue weighted by atomic mass is 9.82. The molecule has 4 N–H and O–H groups in total. The summed E-state index contributed by atoms with van der Waals surface area (Å²) in [7, 11) is -3.53. The molecule has 12 heteroatoms. The van der Waals surface area contributed by atoms with Crippen LogP contribution >= 0.6 is 15.9 Å². The Morgan fingerprint density at radius 1 is 1.04 bits per heavy atom. The topological polar surface area (TPSA) is 125 Å². The van der Waals surface area contributed by atoms with E-state index in [0.29, 0.717) is 41.2 Å². The van der Waals surface area contributed by atoms with Crippen molar-refractivity contribution >= 4 is 59.1 Å². The Morgan fingerprint density at radius 2 is 1.77 bits per heavy atom. The number of amides is 3. The molecule has 52 heavy (non-hydrogen) atoms. The molecule has 3 heterocycles. The molecule has 7 rings (SSSR count). The van der Waals surface area contributed by atoms with Gasteiger partial charge in [-0.1, -0.05) is 59.3 Å². The lowest BCUT2D eigenvalue weighted by molar-refractivity contribution is -0.151. The Hall–Kier alpha value is -4.36. The second-order valence-electron chi connectivity index (χ2n) is 14.6. The van der Waals surface area contributed by atoms with E-state index in [-0.39, 0.29) is 37.3 Å².